The molecule has 1 aromatic carbocycles. The molecule has 1 N–H and O–H groups in total. The van der Waals surface area contributed by atoms with Crippen molar-refractivity contribution in [1.82, 2.24) is 14.5 Å². The van der Waals surface area contributed by atoms with E-state index in [9.17, 15) is 13.2 Å². The molecule has 0 radical (unpaired) electrons. The zero-order valence-corrected chi connectivity index (χ0v) is 20.3. The van der Waals surface area contributed by atoms with Crippen molar-refractivity contribution in [3.05, 3.63) is 29.8 Å². The van der Waals surface area contributed by atoms with Gasteiger partial charge in [0.1, 0.15) is 0 Å². The molecule has 3 aliphatic rings. The van der Waals surface area contributed by atoms with Crippen molar-refractivity contribution >= 4 is 15.9 Å². The van der Waals surface area contributed by atoms with Crippen LogP contribution in [0.4, 0.5) is 0 Å². The average molecular weight is 480 g/mol. The normalized spacial score (nSPS) is 22.7. The number of benzene rings is 1. The number of hydrogen-bond donors (Lipinski definition) is 1. The fraction of sp³-hybridized carbons (Fsp3) is 0.708. The van der Waals surface area contributed by atoms with Crippen LogP contribution in [-0.4, -0.2) is 88.2 Å². The van der Waals surface area contributed by atoms with E-state index in [-0.39, 0.29) is 11.4 Å². The third-order valence-corrected chi connectivity index (χ3v) is 9.17. The Balaban J connectivity index is 1.28. The van der Waals surface area contributed by atoms with Crippen LogP contribution in [0.2, 0.25) is 0 Å². The van der Waals surface area contributed by atoms with Gasteiger partial charge in [0.05, 0.1) is 31.3 Å². The van der Waals surface area contributed by atoms with Crippen LogP contribution < -0.4 is 5.32 Å². The fourth-order valence-corrected chi connectivity index (χ4v) is 6.63. The van der Waals surface area contributed by atoms with Gasteiger partial charge in [-0.05, 0) is 37.0 Å². The second-order valence-corrected chi connectivity index (χ2v) is 11.3. The van der Waals surface area contributed by atoms with Crippen molar-refractivity contribution in [3.63, 3.8) is 0 Å². The number of nitrogens with one attached hydrogen (secondary N) is 1. The molecule has 0 spiro atoms. The number of sulfonamides is 1. The molecule has 1 aliphatic carbocycles. The van der Waals surface area contributed by atoms with Gasteiger partial charge < -0.3 is 14.8 Å². The van der Waals surface area contributed by atoms with E-state index < -0.39 is 10.0 Å². The van der Waals surface area contributed by atoms with Gasteiger partial charge in [-0.25, -0.2) is 8.42 Å². The largest absolute Gasteiger partial charge is 0.379 e. The lowest BCUT2D eigenvalue weighted by Crippen LogP contribution is -2.59. The number of amides is 1. The van der Waals surface area contributed by atoms with E-state index in [4.69, 9.17) is 9.47 Å². The van der Waals surface area contributed by atoms with E-state index >= 15 is 0 Å². The summed E-state index contributed by atoms with van der Waals surface area (Å²) in [6.07, 6.45) is 6.96. The first kappa shape index (κ1) is 24.6. The quantitative estimate of drug-likeness (QED) is 0.612. The highest BCUT2D eigenvalue weighted by Gasteiger charge is 2.38. The topological polar surface area (TPSA) is 88.2 Å². The monoisotopic (exact) mass is 479 g/mol. The molecule has 184 valence electrons. The zero-order valence-electron chi connectivity index (χ0n) is 19.5. The van der Waals surface area contributed by atoms with Gasteiger partial charge >= 0.3 is 0 Å². The maximum atomic E-state index is 12.8. The minimum atomic E-state index is -3.49. The highest BCUT2D eigenvalue weighted by molar-refractivity contribution is 7.89. The molecule has 1 aromatic rings. The molecule has 33 heavy (non-hydrogen) atoms. The molecule has 0 unspecified atom stereocenters. The highest BCUT2D eigenvalue weighted by atomic mass is 32.2. The Bertz CT molecular complexity index is 872. The second-order valence-electron chi connectivity index (χ2n) is 9.32. The van der Waals surface area contributed by atoms with Gasteiger partial charge in [0.25, 0.3) is 0 Å². The standard InChI is InChI=1S/C24H37N3O5S/c28-23(25-20-24(10-2-1-3-11-24)26-12-16-31-17-13-26)9-6-21-4-7-22(8-5-21)33(29,30)27-14-18-32-19-15-27/h4-5,7-8H,1-3,6,9-20H2,(H,25,28). The van der Waals surface area contributed by atoms with Crippen LogP contribution in [0, 0.1) is 0 Å². The second kappa shape index (κ2) is 11.3. The summed E-state index contributed by atoms with van der Waals surface area (Å²) in [4.78, 5) is 15.5. The Morgan fingerprint density at radius 3 is 2.15 bits per heavy atom. The zero-order chi connectivity index (χ0) is 23.2. The van der Waals surface area contributed by atoms with E-state index in [1.807, 2.05) is 12.1 Å². The number of carbonyl (C=O) groups is 1. The number of morpholine rings is 2. The van der Waals surface area contributed by atoms with E-state index in [0.717, 1.165) is 44.7 Å². The van der Waals surface area contributed by atoms with Crippen molar-refractivity contribution in [2.75, 3.05) is 59.2 Å². The number of aryl methyl sites for hydroxylation is 1. The predicted molar refractivity (Wildman–Crippen MR) is 126 cm³/mol. The third-order valence-electron chi connectivity index (χ3n) is 7.25. The summed E-state index contributed by atoms with van der Waals surface area (Å²) in [6, 6.07) is 6.93. The molecular weight excluding hydrogens is 442 g/mol. The van der Waals surface area contributed by atoms with E-state index in [1.165, 1.54) is 23.6 Å². The Hall–Kier alpha value is -1.52. The van der Waals surface area contributed by atoms with Crippen LogP contribution in [0.15, 0.2) is 29.2 Å². The van der Waals surface area contributed by atoms with Crippen molar-refractivity contribution in [3.8, 4) is 0 Å². The van der Waals surface area contributed by atoms with E-state index in [2.05, 4.69) is 10.2 Å². The van der Waals surface area contributed by atoms with Gasteiger partial charge in [-0.2, -0.15) is 4.31 Å². The lowest BCUT2D eigenvalue weighted by atomic mass is 9.79. The fourth-order valence-electron chi connectivity index (χ4n) is 5.23. The van der Waals surface area contributed by atoms with Crippen LogP contribution in [0.5, 0.6) is 0 Å². The molecule has 2 heterocycles. The smallest absolute Gasteiger partial charge is 0.243 e. The molecule has 2 aliphatic heterocycles. The molecule has 2 saturated heterocycles. The number of hydrogen-bond acceptors (Lipinski definition) is 6. The molecular formula is C24H37N3O5S. The molecule has 9 heteroatoms. The Morgan fingerprint density at radius 2 is 1.52 bits per heavy atom. The number of nitrogens with zero attached hydrogens (tertiary/aromatic N) is 2. The SMILES string of the molecule is O=C(CCc1ccc(S(=O)(=O)N2CCOCC2)cc1)NCC1(N2CCOCC2)CCCCC1. The summed E-state index contributed by atoms with van der Waals surface area (Å²) in [5.41, 5.74) is 1.03. The summed E-state index contributed by atoms with van der Waals surface area (Å²) in [5, 5.41) is 3.20. The number of carbonyl (C=O) groups excluding carboxylic acids is 1. The molecule has 4 rings (SSSR count). The number of rotatable bonds is 8. The molecule has 0 bridgehead atoms. The minimum Gasteiger partial charge on any atom is -0.379 e. The first-order chi connectivity index (χ1) is 16.0. The van der Waals surface area contributed by atoms with Gasteiger partial charge in [0.2, 0.25) is 15.9 Å². The summed E-state index contributed by atoms with van der Waals surface area (Å²) in [5.74, 6) is 0.0539. The maximum absolute atomic E-state index is 12.8. The minimum absolute atomic E-state index is 0.0539. The van der Waals surface area contributed by atoms with Crippen molar-refractivity contribution in [2.45, 2.75) is 55.4 Å². The third kappa shape index (κ3) is 6.14. The van der Waals surface area contributed by atoms with E-state index in [1.54, 1.807) is 12.1 Å². The van der Waals surface area contributed by atoms with E-state index in [0.29, 0.717) is 50.6 Å². The Kier molecular flexibility index (Phi) is 8.40. The number of ether oxygens (including phenoxy) is 2. The van der Waals surface area contributed by atoms with Crippen molar-refractivity contribution in [2.24, 2.45) is 0 Å². The predicted octanol–water partition coefficient (Wildman–Crippen LogP) is 1.79. The molecule has 3 fully saturated rings. The average Bonchev–Trinajstić information content (AvgIpc) is 2.88. The first-order valence-corrected chi connectivity index (χ1v) is 13.7. The van der Waals surface area contributed by atoms with Crippen LogP contribution in [-0.2, 0) is 30.7 Å². The summed E-state index contributed by atoms with van der Waals surface area (Å²) in [6.45, 7) is 5.75. The van der Waals surface area contributed by atoms with Gasteiger partial charge in [0.15, 0.2) is 0 Å². The Labute approximate surface area is 197 Å². The molecule has 1 saturated carbocycles. The van der Waals surface area contributed by atoms with Crippen LogP contribution in [0.3, 0.4) is 0 Å². The van der Waals surface area contributed by atoms with Crippen LogP contribution in [0.1, 0.15) is 44.1 Å². The lowest BCUT2D eigenvalue weighted by Gasteiger charge is -2.48. The first-order valence-electron chi connectivity index (χ1n) is 12.3. The molecule has 1 amide bonds. The van der Waals surface area contributed by atoms with Gasteiger partial charge in [-0.15, -0.1) is 0 Å². The van der Waals surface area contributed by atoms with Gasteiger partial charge in [-0.1, -0.05) is 31.4 Å². The maximum Gasteiger partial charge on any atom is 0.243 e. The van der Waals surface area contributed by atoms with Crippen molar-refractivity contribution < 1.29 is 22.7 Å². The summed E-state index contributed by atoms with van der Waals surface area (Å²) in [7, 11) is -3.49. The van der Waals surface area contributed by atoms with Crippen molar-refractivity contribution in [1.29, 1.82) is 0 Å². The molecule has 8 nitrogen and oxygen atoms in total. The highest BCUT2D eigenvalue weighted by Crippen LogP contribution is 2.34. The summed E-state index contributed by atoms with van der Waals surface area (Å²) >= 11 is 0. The molecule has 0 atom stereocenters. The van der Waals surface area contributed by atoms with Crippen LogP contribution in [0.25, 0.3) is 0 Å². The summed E-state index contributed by atoms with van der Waals surface area (Å²) < 4.78 is 37.8. The van der Waals surface area contributed by atoms with Gasteiger partial charge in [0, 0.05) is 44.7 Å². The lowest BCUT2D eigenvalue weighted by molar-refractivity contribution is -0.122. The van der Waals surface area contributed by atoms with Gasteiger partial charge in [-0.3, -0.25) is 9.69 Å². The molecule has 0 aromatic heterocycles. The van der Waals surface area contributed by atoms with Crippen LogP contribution >= 0.6 is 0 Å². The Morgan fingerprint density at radius 1 is 0.909 bits per heavy atom.